The third-order valence-electron chi connectivity index (χ3n) is 4.36. The van der Waals surface area contributed by atoms with Crippen LogP contribution in [-0.4, -0.2) is 17.0 Å². The van der Waals surface area contributed by atoms with Crippen molar-refractivity contribution in [2.24, 2.45) is 5.92 Å². The van der Waals surface area contributed by atoms with Crippen molar-refractivity contribution in [3.63, 3.8) is 0 Å². The van der Waals surface area contributed by atoms with Crippen LogP contribution in [0.2, 0.25) is 5.02 Å². The summed E-state index contributed by atoms with van der Waals surface area (Å²) in [6, 6.07) is 6.99. The second kappa shape index (κ2) is 10.2. The molecule has 0 aliphatic heterocycles. The van der Waals surface area contributed by atoms with Crippen molar-refractivity contribution < 1.29 is 18.3 Å². The zero-order valence-electron chi connectivity index (χ0n) is 16.2. The molecule has 2 rings (SSSR count). The van der Waals surface area contributed by atoms with Gasteiger partial charge in [-0.2, -0.15) is 0 Å². The quantitative estimate of drug-likeness (QED) is 0.252. The van der Waals surface area contributed by atoms with Crippen LogP contribution in [0.4, 0.5) is 18.9 Å². The molecule has 0 heterocycles. The molecule has 2 unspecified atom stereocenters. The summed E-state index contributed by atoms with van der Waals surface area (Å²) in [4.78, 5) is 0.800. The Labute approximate surface area is 178 Å². The molecule has 0 amide bonds. The molecule has 2 aromatic rings. The first-order chi connectivity index (χ1) is 13.6. The van der Waals surface area contributed by atoms with E-state index < -0.39 is 17.5 Å². The number of hydrogen-bond donors (Lipinski definition) is 2. The molecule has 156 valence electrons. The maximum absolute atomic E-state index is 13.4. The van der Waals surface area contributed by atoms with Crippen LogP contribution in [0.1, 0.15) is 25.8 Å². The number of aliphatic hydroxyl groups is 1. The number of aliphatic hydroxyl groups excluding tert-OH is 1. The average Bonchev–Trinajstić information content (AvgIpc) is 2.67. The topological polar surface area (TPSA) is 32.3 Å². The van der Waals surface area contributed by atoms with Crippen LogP contribution in [0.3, 0.4) is 0 Å². The molecular weight excluding hydrogens is 419 g/mol. The van der Waals surface area contributed by atoms with Gasteiger partial charge in [-0.05, 0) is 37.0 Å². The molecule has 2 atom stereocenters. The van der Waals surface area contributed by atoms with Gasteiger partial charge in [0.15, 0.2) is 17.5 Å². The van der Waals surface area contributed by atoms with Gasteiger partial charge in [-0.15, -0.1) is 11.8 Å². The first-order valence-corrected chi connectivity index (χ1v) is 10.2. The number of nitrogens with one attached hydrogen (secondary N) is 1. The van der Waals surface area contributed by atoms with Gasteiger partial charge in [0.1, 0.15) is 0 Å². The lowest BCUT2D eigenvalue weighted by atomic mass is 10.0. The number of rotatable bonds is 9. The number of hydrogen-bond acceptors (Lipinski definition) is 3. The van der Waals surface area contributed by atoms with E-state index in [1.54, 1.807) is 12.1 Å². The minimum absolute atomic E-state index is 0.0512. The lowest BCUT2D eigenvalue weighted by molar-refractivity contribution is 0.236. The Morgan fingerprint density at radius 2 is 1.76 bits per heavy atom. The second-order valence-corrected chi connectivity index (χ2v) is 8.70. The molecule has 0 saturated carbocycles. The van der Waals surface area contributed by atoms with Crippen LogP contribution in [0.5, 0.6) is 0 Å². The van der Waals surface area contributed by atoms with E-state index in [0.717, 1.165) is 22.6 Å². The van der Waals surface area contributed by atoms with E-state index in [1.165, 1.54) is 11.8 Å². The highest BCUT2D eigenvalue weighted by Gasteiger charge is 2.15. The standard InChI is InChI=1S/C22H23ClF3NOS/c1-12(11-28)7-13(2)15(4)29-21-8-16(5-6-18(21)23)14(3)27-17-9-19(24)22(26)20(25)10-17/h5-6,8-10,12,15,27-28H,2-3,7,11H2,1,4H3. The van der Waals surface area contributed by atoms with Crippen molar-refractivity contribution in [2.45, 2.75) is 30.4 Å². The van der Waals surface area contributed by atoms with E-state index in [9.17, 15) is 18.3 Å². The number of anilines is 1. The first kappa shape index (κ1) is 23.4. The summed E-state index contributed by atoms with van der Waals surface area (Å²) in [5.41, 5.74) is 2.10. The van der Waals surface area contributed by atoms with E-state index in [0.29, 0.717) is 22.7 Å². The molecule has 0 saturated heterocycles. The SMILES string of the molecule is C=C(Nc1cc(F)c(F)c(F)c1)c1ccc(Cl)c(SC(C)C(=C)CC(C)CO)c1. The minimum Gasteiger partial charge on any atom is -0.396 e. The molecule has 2 nitrogen and oxygen atoms in total. The summed E-state index contributed by atoms with van der Waals surface area (Å²) in [6.07, 6.45) is 0.706. The summed E-state index contributed by atoms with van der Waals surface area (Å²) >= 11 is 7.84. The van der Waals surface area contributed by atoms with Crippen LogP contribution in [0.15, 0.2) is 54.0 Å². The smallest absolute Gasteiger partial charge is 0.194 e. The largest absolute Gasteiger partial charge is 0.396 e. The highest BCUT2D eigenvalue weighted by atomic mass is 35.5. The summed E-state index contributed by atoms with van der Waals surface area (Å²) < 4.78 is 39.9. The van der Waals surface area contributed by atoms with Crippen LogP contribution in [0, 0.1) is 23.4 Å². The lowest BCUT2D eigenvalue weighted by Crippen LogP contribution is -2.08. The third kappa shape index (κ3) is 6.29. The Morgan fingerprint density at radius 1 is 1.14 bits per heavy atom. The molecule has 7 heteroatoms. The fourth-order valence-corrected chi connectivity index (χ4v) is 3.88. The van der Waals surface area contributed by atoms with Gasteiger partial charge in [-0.3, -0.25) is 0 Å². The van der Waals surface area contributed by atoms with Gasteiger partial charge < -0.3 is 10.4 Å². The Morgan fingerprint density at radius 3 is 2.34 bits per heavy atom. The summed E-state index contributed by atoms with van der Waals surface area (Å²) in [7, 11) is 0. The highest BCUT2D eigenvalue weighted by Crippen LogP contribution is 2.36. The molecule has 2 N–H and O–H groups in total. The van der Waals surface area contributed by atoms with E-state index in [1.807, 2.05) is 19.9 Å². The van der Waals surface area contributed by atoms with E-state index in [2.05, 4.69) is 18.5 Å². The second-order valence-electron chi connectivity index (χ2n) is 6.91. The zero-order chi connectivity index (χ0) is 21.7. The highest BCUT2D eigenvalue weighted by molar-refractivity contribution is 8.00. The van der Waals surface area contributed by atoms with Gasteiger partial charge in [-0.1, -0.05) is 43.3 Å². The maximum atomic E-state index is 13.4. The van der Waals surface area contributed by atoms with Crippen LogP contribution >= 0.6 is 23.4 Å². The van der Waals surface area contributed by atoms with Gasteiger partial charge in [0.2, 0.25) is 0 Å². The fourth-order valence-electron chi connectivity index (χ4n) is 2.61. The Hall–Kier alpha value is -1.89. The van der Waals surface area contributed by atoms with Crippen LogP contribution in [0.25, 0.3) is 5.70 Å². The Kier molecular flexibility index (Phi) is 8.25. The maximum Gasteiger partial charge on any atom is 0.194 e. The first-order valence-electron chi connectivity index (χ1n) is 8.98. The number of benzene rings is 2. The van der Waals surface area contributed by atoms with Crippen molar-refractivity contribution >= 4 is 34.7 Å². The zero-order valence-corrected chi connectivity index (χ0v) is 17.8. The molecular formula is C22H23ClF3NOS. The minimum atomic E-state index is -1.52. The molecule has 29 heavy (non-hydrogen) atoms. The van der Waals surface area contributed by atoms with E-state index >= 15 is 0 Å². The van der Waals surface area contributed by atoms with Crippen molar-refractivity contribution in [1.82, 2.24) is 0 Å². The van der Waals surface area contributed by atoms with Crippen molar-refractivity contribution in [2.75, 3.05) is 11.9 Å². The summed E-state index contributed by atoms with van der Waals surface area (Å²) in [5, 5.41) is 12.6. The van der Waals surface area contributed by atoms with E-state index in [4.69, 9.17) is 11.6 Å². The monoisotopic (exact) mass is 441 g/mol. The van der Waals surface area contributed by atoms with Gasteiger partial charge in [0.25, 0.3) is 0 Å². The molecule has 0 spiro atoms. The molecule has 0 bridgehead atoms. The summed E-state index contributed by atoms with van der Waals surface area (Å²) in [5.74, 6) is -3.95. The molecule has 0 aromatic heterocycles. The Balaban J connectivity index is 2.15. The van der Waals surface area contributed by atoms with Gasteiger partial charge in [-0.25, -0.2) is 13.2 Å². The van der Waals surface area contributed by atoms with Crippen molar-refractivity contribution in [3.8, 4) is 0 Å². The van der Waals surface area contributed by atoms with Crippen molar-refractivity contribution in [1.29, 1.82) is 0 Å². The van der Waals surface area contributed by atoms with Gasteiger partial charge in [0.05, 0.1) is 5.02 Å². The fraction of sp³-hybridized carbons (Fsp3) is 0.273. The van der Waals surface area contributed by atoms with Crippen molar-refractivity contribution in [3.05, 3.63) is 77.1 Å². The average molecular weight is 442 g/mol. The molecule has 0 aliphatic rings. The normalized spacial score (nSPS) is 13.1. The molecule has 0 radical (unpaired) electrons. The lowest BCUT2D eigenvalue weighted by Gasteiger charge is -2.19. The predicted molar refractivity (Wildman–Crippen MR) is 116 cm³/mol. The van der Waals surface area contributed by atoms with Crippen LogP contribution < -0.4 is 5.32 Å². The third-order valence-corrected chi connectivity index (χ3v) is 6.08. The van der Waals surface area contributed by atoms with Gasteiger partial charge >= 0.3 is 0 Å². The van der Waals surface area contributed by atoms with Crippen LogP contribution in [-0.2, 0) is 0 Å². The van der Waals surface area contributed by atoms with Gasteiger partial charge in [0, 0.05) is 40.3 Å². The summed E-state index contributed by atoms with van der Waals surface area (Å²) in [6.45, 7) is 12.1. The molecule has 0 fully saturated rings. The van der Waals surface area contributed by atoms with E-state index in [-0.39, 0.29) is 23.5 Å². The molecule has 0 aliphatic carbocycles. The Bertz CT molecular complexity index is 896. The number of halogens is 4. The predicted octanol–water partition coefficient (Wildman–Crippen LogP) is 6.90. The number of thioether (sulfide) groups is 1. The molecule has 2 aromatic carbocycles.